The van der Waals surface area contributed by atoms with Gasteiger partial charge in [0, 0.05) is 32.4 Å². The lowest BCUT2D eigenvalue weighted by atomic mass is 10.2. The standard InChI is InChI=1S/C13H19N3O2/c1-3-15-7-9-16(10-8-15)13(17)11-5-4-6-14-12(11)18-2/h4-6H,3,7-10H2,1-2H3. The predicted molar refractivity (Wildman–Crippen MR) is 68.8 cm³/mol. The highest BCUT2D eigenvalue weighted by Crippen LogP contribution is 2.17. The topological polar surface area (TPSA) is 45.7 Å². The van der Waals surface area contributed by atoms with Crippen LogP contribution in [0, 0.1) is 0 Å². The fourth-order valence-corrected chi connectivity index (χ4v) is 2.15. The number of hydrogen-bond acceptors (Lipinski definition) is 4. The summed E-state index contributed by atoms with van der Waals surface area (Å²) < 4.78 is 5.13. The van der Waals surface area contributed by atoms with Crippen molar-refractivity contribution >= 4 is 5.91 Å². The molecule has 1 aliphatic rings. The van der Waals surface area contributed by atoms with Gasteiger partial charge in [0.15, 0.2) is 0 Å². The van der Waals surface area contributed by atoms with Crippen LogP contribution in [0.4, 0.5) is 0 Å². The highest BCUT2D eigenvalue weighted by molar-refractivity contribution is 5.96. The van der Waals surface area contributed by atoms with Crippen LogP contribution in [0.15, 0.2) is 18.3 Å². The molecule has 5 heteroatoms. The first-order chi connectivity index (χ1) is 8.76. The zero-order valence-electron chi connectivity index (χ0n) is 10.9. The Kier molecular flexibility index (Phi) is 4.15. The van der Waals surface area contributed by atoms with Gasteiger partial charge in [-0.2, -0.15) is 0 Å². The summed E-state index contributed by atoms with van der Waals surface area (Å²) >= 11 is 0. The quantitative estimate of drug-likeness (QED) is 0.797. The number of carbonyl (C=O) groups is 1. The number of rotatable bonds is 3. The first-order valence-corrected chi connectivity index (χ1v) is 6.27. The van der Waals surface area contributed by atoms with E-state index >= 15 is 0 Å². The molecule has 0 spiro atoms. The van der Waals surface area contributed by atoms with Crippen LogP contribution in [-0.4, -0.2) is 60.5 Å². The van der Waals surface area contributed by atoms with Crippen molar-refractivity contribution in [2.75, 3.05) is 39.8 Å². The molecule has 0 aromatic carbocycles. The maximum absolute atomic E-state index is 12.4. The summed E-state index contributed by atoms with van der Waals surface area (Å²) in [6.07, 6.45) is 1.63. The molecule has 0 atom stereocenters. The molecular formula is C13H19N3O2. The number of ether oxygens (including phenoxy) is 1. The molecule has 18 heavy (non-hydrogen) atoms. The van der Waals surface area contributed by atoms with Gasteiger partial charge in [-0.15, -0.1) is 0 Å². The van der Waals surface area contributed by atoms with E-state index in [1.165, 1.54) is 7.11 Å². The largest absolute Gasteiger partial charge is 0.480 e. The lowest BCUT2D eigenvalue weighted by Crippen LogP contribution is -2.48. The van der Waals surface area contributed by atoms with E-state index in [1.54, 1.807) is 18.3 Å². The molecular weight excluding hydrogens is 230 g/mol. The number of hydrogen-bond donors (Lipinski definition) is 0. The van der Waals surface area contributed by atoms with Crippen molar-refractivity contribution in [3.05, 3.63) is 23.9 Å². The Morgan fingerprint density at radius 2 is 2.11 bits per heavy atom. The summed E-state index contributed by atoms with van der Waals surface area (Å²) in [5.74, 6) is 0.413. The normalized spacial score (nSPS) is 16.7. The van der Waals surface area contributed by atoms with Gasteiger partial charge in [-0.3, -0.25) is 4.79 Å². The molecule has 1 aromatic rings. The predicted octanol–water partition coefficient (Wildman–Crippen LogP) is 0.868. The summed E-state index contributed by atoms with van der Waals surface area (Å²) in [4.78, 5) is 20.6. The summed E-state index contributed by atoms with van der Waals surface area (Å²) in [6, 6.07) is 3.53. The average molecular weight is 249 g/mol. The lowest BCUT2D eigenvalue weighted by molar-refractivity contribution is 0.0639. The number of pyridine rings is 1. The highest BCUT2D eigenvalue weighted by atomic mass is 16.5. The van der Waals surface area contributed by atoms with Crippen LogP contribution in [0.1, 0.15) is 17.3 Å². The third-order valence-corrected chi connectivity index (χ3v) is 3.30. The summed E-state index contributed by atoms with van der Waals surface area (Å²) in [6.45, 7) is 6.59. The van der Waals surface area contributed by atoms with Gasteiger partial charge in [-0.05, 0) is 18.7 Å². The molecule has 1 aliphatic heterocycles. The Hall–Kier alpha value is -1.62. The third kappa shape index (κ3) is 2.61. The van der Waals surface area contributed by atoms with E-state index in [0.717, 1.165) is 32.7 Å². The second-order valence-electron chi connectivity index (χ2n) is 4.29. The monoisotopic (exact) mass is 249 g/mol. The second kappa shape index (κ2) is 5.82. The van der Waals surface area contributed by atoms with Gasteiger partial charge in [0.05, 0.1) is 7.11 Å². The van der Waals surface area contributed by atoms with Gasteiger partial charge in [-0.1, -0.05) is 6.92 Å². The number of carbonyl (C=O) groups excluding carboxylic acids is 1. The Balaban J connectivity index is 2.08. The van der Waals surface area contributed by atoms with Crippen LogP contribution in [0.25, 0.3) is 0 Å². The van der Waals surface area contributed by atoms with Crippen LogP contribution >= 0.6 is 0 Å². The zero-order valence-corrected chi connectivity index (χ0v) is 10.9. The molecule has 0 saturated carbocycles. The van der Waals surface area contributed by atoms with E-state index in [-0.39, 0.29) is 5.91 Å². The number of nitrogens with zero attached hydrogens (tertiary/aromatic N) is 3. The SMILES string of the molecule is CCN1CCN(C(=O)c2cccnc2OC)CC1. The van der Waals surface area contributed by atoms with Gasteiger partial charge in [0.2, 0.25) is 5.88 Å². The van der Waals surface area contributed by atoms with E-state index < -0.39 is 0 Å². The molecule has 98 valence electrons. The fraction of sp³-hybridized carbons (Fsp3) is 0.538. The maximum atomic E-state index is 12.4. The van der Waals surface area contributed by atoms with Crippen molar-refractivity contribution < 1.29 is 9.53 Å². The van der Waals surface area contributed by atoms with E-state index in [1.807, 2.05) is 4.90 Å². The van der Waals surface area contributed by atoms with Crippen molar-refractivity contribution in [1.82, 2.24) is 14.8 Å². The molecule has 2 heterocycles. The first kappa shape index (κ1) is 12.8. The minimum Gasteiger partial charge on any atom is -0.480 e. The minimum absolute atomic E-state index is 0.00991. The Labute approximate surface area is 107 Å². The summed E-state index contributed by atoms with van der Waals surface area (Å²) in [5, 5.41) is 0. The number of likely N-dealkylation sites (N-methyl/N-ethyl adjacent to an activating group) is 1. The van der Waals surface area contributed by atoms with Crippen molar-refractivity contribution in [3.63, 3.8) is 0 Å². The van der Waals surface area contributed by atoms with Gasteiger partial charge in [0.1, 0.15) is 5.56 Å². The number of amides is 1. The Morgan fingerprint density at radius 3 is 2.72 bits per heavy atom. The molecule has 0 radical (unpaired) electrons. The molecule has 0 aliphatic carbocycles. The van der Waals surface area contributed by atoms with Crippen molar-refractivity contribution in [1.29, 1.82) is 0 Å². The van der Waals surface area contributed by atoms with Gasteiger partial charge < -0.3 is 14.5 Å². The van der Waals surface area contributed by atoms with Crippen LogP contribution in [0.5, 0.6) is 5.88 Å². The summed E-state index contributed by atoms with van der Waals surface area (Å²) in [5.41, 5.74) is 0.546. The van der Waals surface area contributed by atoms with E-state index in [0.29, 0.717) is 11.4 Å². The molecule has 2 rings (SSSR count). The molecule has 1 saturated heterocycles. The van der Waals surface area contributed by atoms with Crippen molar-refractivity contribution in [3.8, 4) is 5.88 Å². The van der Waals surface area contributed by atoms with Gasteiger partial charge in [-0.25, -0.2) is 4.98 Å². The van der Waals surface area contributed by atoms with E-state index in [4.69, 9.17) is 4.74 Å². The second-order valence-corrected chi connectivity index (χ2v) is 4.29. The van der Waals surface area contributed by atoms with Crippen LogP contribution in [0.3, 0.4) is 0 Å². The Morgan fingerprint density at radius 1 is 1.39 bits per heavy atom. The van der Waals surface area contributed by atoms with Crippen LogP contribution in [0.2, 0.25) is 0 Å². The maximum Gasteiger partial charge on any atom is 0.259 e. The molecule has 0 N–H and O–H groups in total. The number of piperazine rings is 1. The third-order valence-electron chi connectivity index (χ3n) is 3.30. The Bertz CT molecular complexity index is 414. The number of methoxy groups -OCH3 is 1. The smallest absolute Gasteiger partial charge is 0.259 e. The first-order valence-electron chi connectivity index (χ1n) is 6.27. The van der Waals surface area contributed by atoms with Crippen molar-refractivity contribution in [2.24, 2.45) is 0 Å². The molecule has 5 nitrogen and oxygen atoms in total. The molecule has 0 unspecified atom stereocenters. The molecule has 0 bridgehead atoms. The highest BCUT2D eigenvalue weighted by Gasteiger charge is 2.23. The zero-order chi connectivity index (χ0) is 13.0. The summed E-state index contributed by atoms with van der Waals surface area (Å²) in [7, 11) is 1.54. The molecule has 1 fully saturated rings. The molecule has 1 aromatic heterocycles. The molecule has 1 amide bonds. The van der Waals surface area contributed by atoms with E-state index in [9.17, 15) is 4.79 Å². The lowest BCUT2D eigenvalue weighted by Gasteiger charge is -2.34. The van der Waals surface area contributed by atoms with Crippen LogP contribution < -0.4 is 4.74 Å². The van der Waals surface area contributed by atoms with Gasteiger partial charge in [0.25, 0.3) is 5.91 Å². The fourth-order valence-electron chi connectivity index (χ4n) is 2.15. The number of aromatic nitrogens is 1. The van der Waals surface area contributed by atoms with Crippen LogP contribution in [-0.2, 0) is 0 Å². The average Bonchev–Trinajstić information content (AvgIpc) is 2.46. The van der Waals surface area contributed by atoms with Crippen molar-refractivity contribution in [2.45, 2.75) is 6.92 Å². The van der Waals surface area contributed by atoms with Gasteiger partial charge >= 0.3 is 0 Å². The minimum atomic E-state index is 0.00991. The van der Waals surface area contributed by atoms with E-state index in [2.05, 4.69) is 16.8 Å².